The minimum absolute atomic E-state index is 0.219. The highest BCUT2D eigenvalue weighted by Crippen LogP contribution is 2.39. The molecule has 3 nitrogen and oxygen atoms in total. The van der Waals surface area contributed by atoms with Crippen molar-refractivity contribution >= 4 is 33.4 Å². The molecule has 0 radical (unpaired) electrons. The summed E-state index contributed by atoms with van der Waals surface area (Å²) in [5.74, 6) is 0. The van der Waals surface area contributed by atoms with Crippen molar-refractivity contribution in [2.45, 2.75) is 10.4 Å². The second-order valence-corrected chi connectivity index (χ2v) is 4.50. The molecule has 0 aromatic heterocycles. The zero-order valence-electron chi connectivity index (χ0n) is 6.92. The van der Waals surface area contributed by atoms with Gasteiger partial charge in [0.25, 0.3) is 5.69 Å². The van der Waals surface area contributed by atoms with Gasteiger partial charge in [0.2, 0.25) is 0 Å². The lowest BCUT2D eigenvalue weighted by molar-refractivity contribution is -0.385. The minimum atomic E-state index is -4.45. The van der Waals surface area contributed by atoms with Crippen LogP contribution in [0.5, 0.6) is 0 Å². The zero-order valence-corrected chi connectivity index (χ0v) is 9.32. The van der Waals surface area contributed by atoms with Crippen LogP contribution in [0.2, 0.25) is 0 Å². The zero-order chi connectivity index (χ0) is 11.6. The van der Waals surface area contributed by atoms with Crippen LogP contribution in [-0.2, 0) is 0 Å². The fourth-order valence-electron chi connectivity index (χ4n) is 0.846. The summed E-state index contributed by atoms with van der Waals surface area (Å²) < 4.78 is 36.2. The Kier molecular flexibility index (Phi) is 3.61. The number of nitro benzene ring substituents is 1. The Morgan fingerprint density at radius 3 is 2.40 bits per heavy atom. The predicted molar refractivity (Wildman–Crippen MR) is 52.7 cm³/mol. The average Bonchev–Trinajstić information content (AvgIpc) is 1.99. The largest absolute Gasteiger partial charge is 0.446 e. The number of hydrogen-bond donors (Lipinski definition) is 0. The number of thioether (sulfide) groups is 1. The van der Waals surface area contributed by atoms with E-state index >= 15 is 0 Å². The molecule has 0 amide bonds. The maximum Gasteiger partial charge on any atom is 0.446 e. The summed E-state index contributed by atoms with van der Waals surface area (Å²) in [6.07, 6.45) is 0. The van der Waals surface area contributed by atoms with Crippen molar-refractivity contribution in [3.63, 3.8) is 0 Å². The van der Waals surface area contributed by atoms with E-state index in [0.29, 0.717) is 0 Å². The molecule has 0 heterocycles. The standard InChI is InChI=1S/C7H3BrF3NO2S/c8-4-1-5(12(13)14)3-6(2-4)15-7(9,10)11/h1-3H. The summed E-state index contributed by atoms with van der Waals surface area (Å²) in [5.41, 5.74) is -4.83. The van der Waals surface area contributed by atoms with Crippen LogP contribution in [0, 0.1) is 10.1 Å². The lowest BCUT2D eigenvalue weighted by Crippen LogP contribution is -1.99. The van der Waals surface area contributed by atoms with E-state index in [0.717, 1.165) is 12.1 Å². The first-order valence-electron chi connectivity index (χ1n) is 3.48. The van der Waals surface area contributed by atoms with Gasteiger partial charge in [0.15, 0.2) is 0 Å². The Bertz CT molecular complexity index is 396. The molecule has 0 saturated carbocycles. The number of non-ortho nitro benzene ring substituents is 1. The van der Waals surface area contributed by atoms with Gasteiger partial charge in [0, 0.05) is 21.5 Å². The lowest BCUT2D eigenvalue weighted by atomic mass is 10.3. The summed E-state index contributed by atoms with van der Waals surface area (Å²) in [6.45, 7) is 0. The fraction of sp³-hybridized carbons (Fsp3) is 0.143. The molecule has 82 valence electrons. The molecule has 15 heavy (non-hydrogen) atoms. The molecule has 0 saturated heterocycles. The SMILES string of the molecule is O=[N+]([O-])c1cc(Br)cc(SC(F)(F)F)c1. The molecule has 0 aliphatic heterocycles. The van der Waals surface area contributed by atoms with Crippen LogP contribution in [0.4, 0.5) is 18.9 Å². The van der Waals surface area contributed by atoms with Crippen molar-refractivity contribution in [3.8, 4) is 0 Å². The van der Waals surface area contributed by atoms with Gasteiger partial charge in [-0.15, -0.1) is 0 Å². The van der Waals surface area contributed by atoms with Gasteiger partial charge < -0.3 is 0 Å². The van der Waals surface area contributed by atoms with Crippen LogP contribution < -0.4 is 0 Å². The molecule has 0 aliphatic rings. The van der Waals surface area contributed by atoms with Crippen LogP contribution in [-0.4, -0.2) is 10.4 Å². The molecule has 1 aromatic rings. The van der Waals surface area contributed by atoms with Crippen molar-refractivity contribution in [3.05, 3.63) is 32.8 Å². The third-order valence-corrected chi connectivity index (χ3v) is 2.46. The average molecular weight is 302 g/mol. The first-order valence-corrected chi connectivity index (χ1v) is 5.09. The van der Waals surface area contributed by atoms with E-state index in [1.54, 1.807) is 0 Å². The molecular weight excluding hydrogens is 299 g/mol. The highest BCUT2D eigenvalue weighted by molar-refractivity contribution is 9.10. The van der Waals surface area contributed by atoms with Crippen molar-refractivity contribution < 1.29 is 18.1 Å². The normalized spacial score (nSPS) is 11.5. The van der Waals surface area contributed by atoms with E-state index < -0.39 is 10.4 Å². The first kappa shape index (κ1) is 12.3. The van der Waals surface area contributed by atoms with Crippen LogP contribution in [0.25, 0.3) is 0 Å². The molecular formula is C7H3BrF3NO2S. The molecule has 0 fully saturated rings. The van der Waals surface area contributed by atoms with Crippen molar-refractivity contribution in [2.24, 2.45) is 0 Å². The van der Waals surface area contributed by atoms with Gasteiger partial charge in [0.1, 0.15) is 0 Å². The molecule has 0 N–H and O–H groups in total. The molecule has 0 aliphatic carbocycles. The fourth-order valence-corrected chi connectivity index (χ4v) is 2.11. The Balaban J connectivity index is 3.04. The molecule has 0 unspecified atom stereocenters. The maximum absolute atomic E-state index is 12.0. The monoisotopic (exact) mass is 301 g/mol. The maximum atomic E-state index is 12.0. The molecule has 8 heteroatoms. The third-order valence-electron chi connectivity index (χ3n) is 1.30. The van der Waals surface area contributed by atoms with E-state index in [2.05, 4.69) is 15.9 Å². The van der Waals surface area contributed by atoms with E-state index in [9.17, 15) is 23.3 Å². The third kappa shape index (κ3) is 4.08. The van der Waals surface area contributed by atoms with Gasteiger partial charge in [-0.3, -0.25) is 10.1 Å². The summed E-state index contributed by atoms with van der Waals surface area (Å²) in [4.78, 5) is 9.40. The number of alkyl halides is 3. The molecule has 1 rings (SSSR count). The van der Waals surface area contributed by atoms with E-state index in [-0.39, 0.29) is 26.8 Å². The van der Waals surface area contributed by atoms with Crippen molar-refractivity contribution in [2.75, 3.05) is 0 Å². The van der Waals surface area contributed by atoms with E-state index in [1.165, 1.54) is 6.07 Å². The van der Waals surface area contributed by atoms with Crippen LogP contribution in [0.15, 0.2) is 27.6 Å². The summed E-state index contributed by atoms with van der Waals surface area (Å²) >= 11 is 2.52. The number of hydrogen-bond acceptors (Lipinski definition) is 3. The number of halogens is 4. The highest BCUT2D eigenvalue weighted by Gasteiger charge is 2.30. The first-order chi connectivity index (χ1) is 6.78. The van der Waals surface area contributed by atoms with Crippen LogP contribution >= 0.6 is 27.7 Å². The second kappa shape index (κ2) is 4.40. The van der Waals surface area contributed by atoms with Crippen molar-refractivity contribution in [1.82, 2.24) is 0 Å². The van der Waals surface area contributed by atoms with Gasteiger partial charge in [-0.05, 0) is 17.8 Å². The predicted octanol–water partition coefficient (Wildman–Crippen LogP) is 3.97. The molecule has 0 atom stereocenters. The van der Waals surface area contributed by atoms with Gasteiger partial charge in [-0.1, -0.05) is 15.9 Å². The smallest absolute Gasteiger partial charge is 0.258 e. The summed E-state index contributed by atoms with van der Waals surface area (Å²) in [6, 6.07) is 3.19. The van der Waals surface area contributed by atoms with E-state index in [4.69, 9.17) is 0 Å². The minimum Gasteiger partial charge on any atom is -0.258 e. The quantitative estimate of drug-likeness (QED) is 0.471. The summed E-state index contributed by atoms with van der Waals surface area (Å²) in [7, 11) is 0. The Morgan fingerprint density at radius 1 is 1.33 bits per heavy atom. The highest BCUT2D eigenvalue weighted by atomic mass is 79.9. The Morgan fingerprint density at radius 2 is 1.93 bits per heavy atom. The summed E-state index contributed by atoms with van der Waals surface area (Å²) in [5, 5.41) is 10.4. The number of nitrogens with zero attached hydrogens (tertiary/aromatic N) is 1. The molecule has 0 bridgehead atoms. The Hall–Kier alpha value is -0.760. The van der Waals surface area contributed by atoms with E-state index in [1.807, 2.05) is 0 Å². The lowest BCUT2D eigenvalue weighted by Gasteiger charge is -2.05. The molecule has 0 spiro atoms. The Labute approximate surface area is 94.9 Å². The number of benzene rings is 1. The van der Waals surface area contributed by atoms with Gasteiger partial charge in [0.05, 0.1) is 4.92 Å². The number of nitro groups is 1. The van der Waals surface area contributed by atoms with Crippen LogP contribution in [0.3, 0.4) is 0 Å². The van der Waals surface area contributed by atoms with Gasteiger partial charge in [-0.2, -0.15) is 13.2 Å². The van der Waals surface area contributed by atoms with Crippen molar-refractivity contribution in [1.29, 1.82) is 0 Å². The van der Waals surface area contributed by atoms with Gasteiger partial charge in [-0.25, -0.2) is 0 Å². The van der Waals surface area contributed by atoms with Crippen LogP contribution in [0.1, 0.15) is 0 Å². The van der Waals surface area contributed by atoms with Gasteiger partial charge >= 0.3 is 5.51 Å². The number of rotatable bonds is 2. The topological polar surface area (TPSA) is 43.1 Å². The molecule has 1 aromatic carbocycles. The second-order valence-electron chi connectivity index (χ2n) is 2.45.